The minimum Gasteiger partial charge on any atom is -0.208 e. The van der Waals surface area contributed by atoms with Crippen molar-refractivity contribution in [3.8, 4) is 45.3 Å². The molecule has 0 unspecified atom stereocenters. The van der Waals surface area contributed by atoms with E-state index in [0.717, 1.165) is 44.0 Å². The molecule has 1 aromatic heterocycles. The van der Waals surface area contributed by atoms with Crippen molar-refractivity contribution in [2.24, 2.45) is 0 Å². The molecule has 9 aromatic rings. The number of aromatic nitrogens is 3. The number of hydrogen-bond acceptors (Lipinski definition) is 3. The summed E-state index contributed by atoms with van der Waals surface area (Å²) in [6.07, 6.45) is 0. The second-order valence-corrected chi connectivity index (χ2v) is 11.7. The first-order valence-electron chi connectivity index (χ1n) is 15.5. The van der Waals surface area contributed by atoms with Crippen molar-refractivity contribution in [2.75, 3.05) is 0 Å². The Labute approximate surface area is 266 Å². The molecule has 0 aliphatic heterocycles. The lowest BCUT2D eigenvalue weighted by Gasteiger charge is -2.12. The van der Waals surface area contributed by atoms with Gasteiger partial charge in [0.15, 0.2) is 17.5 Å². The topological polar surface area (TPSA) is 38.7 Å². The number of nitrogens with zero attached hydrogens (tertiary/aromatic N) is 3. The first-order valence-corrected chi connectivity index (χ1v) is 15.5. The van der Waals surface area contributed by atoms with Crippen LogP contribution < -0.4 is 0 Å². The summed E-state index contributed by atoms with van der Waals surface area (Å²) in [5.74, 6) is 1.96. The van der Waals surface area contributed by atoms with Gasteiger partial charge in [-0.1, -0.05) is 152 Å². The monoisotopic (exact) mass is 585 g/mol. The molecule has 0 N–H and O–H groups in total. The summed E-state index contributed by atoms with van der Waals surface area (Å²) in [4.78, 5) is 15.3. The first-order chi connectivity index (χ1) is 22.8. The van der Waals surface area contributed by atoms with Crippen LogP contribution in [0, 0.1) is 0 Å². The van der Waals surface area contributed by atoms with Crippen LogP contribution in [0.3, 0.4) is 0 Å². The Morgan fingerprint density at radius 2 is 0.783 bits per heavy atom. The first kappa shape index (κ1) is 26.2. The zero-order valence-corrected chi connectivity index (χ0v) is 24.9. The third-order valence-corrected chi connectivity index (χ3v) is 8.89. The lowest BCUT2D eigenvalue weighted by atomic mass is 9.96. The standard InChI is InChI=1S/C43H27N3/c1-2-10-28(11-3-1)31-15-8-16-33(26-31)41-44-42(46-43(45-41)40-19-9-14-29-12-4-7-18-36(29)40)34-22-23-37-32(27-34)21-25-38-35-17-6-5-13-30(35)20-24-39(37)38/h1-27H. The molecular formula is C43H27N3. The van der Waals surface area contributed by atoms with Crippen molar-refractivity contribution in [3.05, 3.63) is 164 Å². The summed E-state index contributed by atoms with van der Waals surface area (Å²) in [5, 5.41) is 9.66. The van der Waals surface area contributed by atoms with Gasteiger partial charge in [-0.15, -0.1) is 0 Å². The van der Waals surface area contributed by atoms with Gasteiger partial charge in [0, 0.05) is 16.7 Å². The number of hydrogen-bond donors (Lipinski definition) is 0. The van der Waals surface area contributed by atoms with Crippen LogP contribution in [0.15, 0.2) is 164 Å². The van der Waals surface area contributed by atoms with Crippen molar-refractivity contribution < 1.29 is 0 Å². The van der Waals surface area contributed by atoms with Crippen LogP contribution in [0.1, 0.15) is 0 Å². The summed E-state index contributed by atoms with van der Waals surface area (Å²) in [6.45, 7) is 0. The summed E-state index contributed by atoms with van der Waals surface area (Å²) < 4.78 is 0. The summed E-state index contributed by atoms with van der Waals surface area (Å²) in [6, 6.07) is 57.6. The van der Waals surface area contributed by atoms with Crippen LogP contribution in [0.25, 0.3) is 88.4 Å². The molecule has 0 saturated carbocycles. The number of fused-ring (bicyclic) bond motifs is 6. The van der Waals surface area contributed by atoms with Crippen LogP contribution in [-0.2, 0) is 0 Å². The predicted molar refractivity (Wildman–Crippen MR) is 192 cm³/mol. The molecule has 0 aliphatic rings. The minimum absolute atomic E-state index is 0.649. The van der Waals surface area contributed by atoms with Gasteiger partial charge in [-0.3, -0.25) is 0 Å². The molecule has 9 rings (SSSR count). The van der Waals surface area contributed by atoms with E-state index in [9.17, 15) is 0 Å². The van der Waals surface area contributed by atoms with Gasteiger partial charge in [0.1, 0.15) is 0 Å². The van der Waals surface area contributed by atoms with E-state index >= 15 is 0 Å². The molecule has 214 valence electrons. The second-order valence-electron chi connectivity index (χ2n) is 11.7. The van der Waals surface area contributed by atoms with Gasteiger partial charge in [-0.2, -0.15) is 0 Å². The maximum absolute atomic E-state index is 5.12. The molecule has 3 nitrogen and oxygen atoms in total. The number of benzene rings is 8. The van der Waals surface area contributed by atoms with Crippen LogP contribution in [0.2, 0.25) is 0 Å². The predicted octanol–water partition coefficient (Wildman–Crippen LogP) is 11.2. The molecule has 0 amide bonds. The quantitative estimate of drug-likeness (QED) is 0.193. The van der Waals surface area contributed by atoms with E-state index in [1.165, 1.54) is 26.9 Å². The van der Waals surface area contributed by atoms with E-state index in [1.54, 1.807) is 0 Å². The third-order valence-electron chi connectivity index (χ3n) is 8.89. The van der Waals surface area contributed by atoms with Gasteiger partial charge < -0.3 is 0 Å². The van der Waals surface area contributed by atoms with Crippen molar-refractivity contribution in [1.82, 2.24) is 15.0 Å². The van der Waals surface area contributed by atoms with Gasteiger partial charge in [-0.25, -0.2) is 15.0 Å². The molecular weight excluding hydrogens is 558 g/mol. The maximum Gasteiger partial charge on any atom is 0.164 e. The van der Waals surface area contributed by atoms with Crippen LogP contribution in [-0.4, -0.2) is 15.0 Å². The molecule has 0 atom stereocenters. The van der Waals surface area contributed by atoms with Gasteiger partial charge in [0.2, 0.25) is 0 Å². The van der Waals surface area contributed by atoms with Gasteiger partial charge in [0.05, 0.1) is 0 Å². The average molecular weight is 586 g/mol. The fraction of sp³-hybridized carbons (Fsp3) is 0. The highest BCUT2D eigenvalue weighted by atomic mass is 15.0. The van der Waals surface area contributed by atoms with Crippen molar-refractivity contribution >= 4 is 43.1 Å². The Morgan fingerprint density at radius 3 is 1.59 bits per heavy atom. The van der Waals surface area contributed by atoms with E-state index in [0.29, 0.717) is 17.5 Å². The Balaban J connectivity index is 1.24. The molecule has 0 spiro atoms. The third kappa shape index (κ3) is 4.49. The summed E-state index contributed by atoms with van der Waals surface area (Å²) in [7, 11) is 0. The molecule has 3 heteroatoms. The number of rotatable bonds is 4. The molecule has 0 fully saturated rings. The molecule has 1 heterocycles. The van der Waals surface area contributed by atoms with Crippen molar-refractivity contribution in [1.29, 1.82) is 0 Å². The van der Waals surface area contributed by atoms with Gasteiger partial charge in [-0.05, 0) is 66.3 Å². The Hall–Kier alpha value is -6.19. The van der Waals surface area contributed by atoms with Crippen molar-refractivity contribution in [2.45, 2.75) is 0 Å². The highest BCUT2D eigenvalue weighted by Gasteiger charge is 2.16. The normalized spacial score (nSPS) is 11.5. The van der Waals surface area contributed by atoms with Crippen LogP contribution in [0.5, 0.6) is 0 Å². The highest BCUT2D eigenvalue weighted by Crippen LogP contribution is 2.35. The molecule has 8 aromatic carbocycles. The SMILES string of the molecule is c1ccc(-c2cccc(-c3nc(-c4ccc5c(ccc6c7ccccc7ccc56)c4)nc(-c4cccc5ccccc45)n3)c2)cc1. The Kier molecular flexibility index (Phi) is 6.14. The Morgan fingerprint density at radius 1 is 0.261 bits per heavy atom. The second kappa shape index (κ2) is 10.8. The van der Waals surface area contributed by atoms with E-state index in [-0.39, 0.29) is 0 Å². The van der Waals surface area contributed by atoms with E-state index in [2.05, 4.69) is 158 Å². The maximum atomic E-state index is 5.12. The average Bonchev–Trinajstić information content (AvgIpc) is 3.14. The van der Waals surface area contributed by atoms with E-state index < -0.39 is 0 Å². The highest BCUT2D eigenvalue weighted by molar-refractivity contribution is 6.17. The zero-order valence-electron chi connectivity index (χ0n) is 24.9. The fourth-order valence-electron chi connectivity index (χ4n) is 6.61. The van der Waals surface area contributed by atoms with Crippen molar-refractivity contribution in [3.63, 3.8) is 0 Å². The molecule has 0 bridgehead atoms. The van der Waals surface area contributed by atoms with Crippen LogP contribution >= 0.6 is 0 Å². The van der Waals surface area contributed by atoms with E-state index in [4.69, 9.17) is 15.0 Å². The van der Waals surface area contributed by atoms with Gasteiger partial charge >= 0.3 is 0 Å². The minimum atomic E-state index is 0.649. The summed E-state index contributed by atoms with van der Waals surface area (Å²) in [5.41, 5.74) is 5.17. The van der Waals surface area contributed by atoms with E-state index in [1.807, 2.05) is 6.07 Å². The van der Waals surface area contributed by atoms with Gasteiger partial charge in [0.25, 0.3) is 0 Å². The fourth-order valence-corrected chi connectivity index (χ4v) is 6.61. The Bertz CT molecular complexity index is 2580. The van der Waals surface area contributed by atoms with Crippen LogP contribution in [0.4, 0.5) is 0 Å². The molecule has 0 aliphatic carbocycles. The zero-order chi connectivity index (χ0) is 30.5. The smallest absolute Gasteiger partial charge is 0.164 e. The molecule has 0 saturated heterocycles. The molecule has 46 heavy (non-hydrogen) atoms. The molecule has 0 radical (unpaired) electrons. The largest absolute Gasteiger partial charge is 0.208 e. The lowest BCUT2D eigenvalue weighted by molar-refractivity contribution is 1.08. The summed E-state index contributed by atoms with van der Waals surface area (Å²) >= 11 is 0. The lowest BCUT2D eigenvalue weighted by Crippen LogP contribution is -2.00.